The van der Waals surface area contributed by atoms with Crippen molar-refractivity contribution in [2.45, 2.75) is 12.1 Å². The zero-order valence-corrected chi connectivity index (χ0v) is 17.7. The number of amides is 1. The zero-order chi connectivity index (χ0) is 20.8. The topological polar surface area (TPSA) is 94.8 Å². The maximum Gasteiger partial charge on any atom is 0.236 e. The molecule has 0 unspecified atom stereocenters. The molecule has 4 aromatic rings. The monoisotopic (exact) mass is 438 g/mol. The van der Waals surface area contributed by atoms with Crippen molar-refractivity contribution in [1.29, 1.82) is 0 Å². The quantitative estimate of drug-likeness (QED) is 0.417. The van der Waals surface area contributed by atoms with Gasteiger partial charge < -0.3 is 10.1 Å². The number of rotatable bonds is 8. The Bertz CT molecular complexity index is 1120. The Morgan fingerprint density at radius 2 is 2.00 bits per heavy atom. The fourth-order valence-corrected chi connectivity index (χ4v) is 4.05. The van der Waals surface area contributed by atoms with E-state index in [-0.39, 0.29) is 11.7 Å². The lowest BCUT2D eigenvalue weighted by atomic mass is 10.2. The van der Waals surface area contributed by atoms with E-state index in [0.29, 0.717) is 28.5 Å². The van der Waals surface area contributed by atoms with E-state index in [1.165, 1.54) is 23.1 Å². The third-order valence-corrected chi connectivity index (χ3v) is 5.61. The zero-order valence-electron chi connectivity index (χ0n) is 16.1. The summed E-state index contributed by atoms with van der Waals surface area (Å²) in [6, 6.07) is 11.4. The molecule has 152 valence electrons. The van der Waals surface area contributed by atoms with Crippen LogP contribution in [0.15, 0.2) is 65.5 Å². The molecule has 1 amide bonds. The van der Waals surface area contributed by atoms with Gasteiger partial charge in [0.1, 0.15) is 5.75 Å². The second-order valence-electron chi connectivity index (χ2n) is 5.95. The van der Waals surface area contributed by atoms with Gasteiger partial charge in [0.25, 0.3) is 0 Å². The summed E-state index contributed by atoms with van der Waals surface area (Å²) in [7, 11) is 0. The molecule has 0 spiro atoms. The van der Waals surface area contributed by atoms with Gasteiger partial charge in [-0.3, -0.25) is 14.3 Å². The van der Waals surface area contributed by atoms with Gasteiger partial charge in [-0.25, -0.2) is 4.98 Å². The number of ether oxygens (including phenoxy) is 1. The number of hydrogen-bond donors (Lipinski definition) is 1. The summed E-state index contributed by atoms with van der Waals surface area (Å²) in [5.74, 6) is 1.37. The van der Waals surface area contributed by atoms with Gasteiger partial charge in [0, 0.05) is 29.5 Å². The van der Waals surface area contributed by atoms with Gasteiger partial charge in [-0.1, -0.05) is 23.9 Å². The lowest BCUT2D eigenvalue weighted by Gasteiger charge is -2.14. The number of para-hydroxylation sites is 2. The third kappa shape index (κ3) is 4.50. The standard InChI is InChI=1S/C20H18N6O2S2/c1-2-28-16-6-4-3-5-15(16)26-18(14-7-9-21-10-8-14)24-25-20(26)30-13-17(27)23-19-22-11-12-29-19/h3-12H,2,13H2,1H3,(H,22,23,27). The van der Waals surface area contributed by atoms with Crippen LogP contribution in [0.3, 0.4) is 0 Å². The average molecular weight is 439 g/mol. The highest BCUT2D eigenvalue weighted by molar-refractivity contribution is 7.99. The van der Waals surface area contributed by atoms with E-state index in [2.05, 4.69) is 25.5 Å². The largest absolute Gasteiger partial charge is 0.492 e. The first-order chi connectivity index (χ1) is 14.8. The van der Waals surface area contributed by atoms with Crippen LogP contribution in [0.1, 0.15) is 6.92 Å². The van der Waals surface area contributed by atoms with Gasteiger partial charge in [0.15, 0.2) is 16.1 Å². The molecule has 3 heterocycles. The van der Waals surface area contributed by atoms with E-state index in [1.807, 2.05) is 53.3 Å². The second kappa shape index (κ2) is 9.51. The first-order valence-electron chi connectivity index (χ1n) is 9.16. The van der Waals surface area contributed by atoms with Crippen molar-refractivity contribution in [3.05, 3.63) is 60.4 Å². The van der Waals surface area contributed by atoms with Crippen LogP contribution in [0, 0.1) is 0 Å². The average Bonchev–Trinajstić information content (AvgIpc) is 3.43. The maximum absolute atomic E-state index is 12.3. The van der Waals surface area contributed by atoms with Crippen molar-refractivity contribution in [3.8, 4) is 22.8 Å². The predicted octanol–water partition coefficient (Wildman–Crippen LogP) is 3.92. The molecule has 0 saturated carbocycles. The highest BCUT2D eigenvalue weighted by Gasteiger charge is 2.20. The summed E-state index contributed by atoms with van der Waals surface area (Å²) in [5, 5.41) is 14.5. The first kappa shape index (κ1) is 20.0. The number of carbonyl (C=O) groups excluding carboxylic acids is 1. The van der Waals surface area contributed by atoms with E-state index in [4.69, 9.17) is 4.74 Å². The van der Waals surface area contributed by atoms with E-state index >= 15 is 0 Å². The van der Waals surface area contributed by atoms with Crippen LogP contribution in [-0.2, 0) is 4.79 Å². The molecule has 0 bridgehead atoms. The Balaban J connectivity index is 1.67. The smallest absolute Gasteiger partial charge is 0.236 e. The molecule has 0 saturated heterocycles. The van der Waals surface area contributed by atoms with Gasteiger partial charge in [-0.15, -0.1) is 21.5 Å². The molecule has 4 rings (SSSR count). The number of benzene rings is 1. The lowest BCUT2D eigenvalue weighted by Crippen LogP contribution is -2.14. The maximum atomic E-state index is 12.3. The molecule has 8 nitrogen and oxygen atoms in total. The van der Waals surface area contributed by atoms with Crippen LogP contribution < -0.4 is 10.1 Å². The molecule has 0 fully saturated rings. The summed E-state index contributed by atoms with van der Waals surface area (Å²) in [6.45, 7) is 2.47. The molecule has 10 heteroatoms. The number of carbonyl (C=O) groups is 1. The van der Waals surface area contributed by atoms with Gasteiger partial charge in [0.2, 0.25) is 5.91 Å². The fourth-order valence-electron chi connectivity index (χ4n) is 2.76. The molecular formula is C20H18N6O2S2. The molecule has 0 radical (unpaired) electrons. The lowest BCUT2D eigenvalue weighted by molar-refractivity contribution is -0.113. The van der Waals surface area contributed by atoms with Crippen molar-refractivity contribution < 1.29 is 9.53 Å². The van der Waals surface area contributed by atoms with E-state index in [1.54, 1.807) is 18.6 Å². The number of anilines is 1. The Morgan fingerprint density at radius 1 is 1.17 bits per heavy atom. The Morgan fingerprint density at radius 3 is 2.77 bits per heavy atom. The number of nitrogens with one attached hydrogen (secondary N) is 1. The molecule has 0 aliphatic heterocycles. The predicted molar refractivity (Wildman–Crippen MR) is 117 cm³/mol. The summed E-state index contributed by atoms with van der Waals surface area (Å²) < 4.78 is 7.72. The minimum atomic E-state index is -0.159. The highest BCUT2D eigenvalue weighted by atomic mass is 32.2. The third-order valence-electron chi connectivity index (χ3n) is 3.99. The van der Waals surface area contributed by atoms with Crippen molar-refractivity contribution in [2.75, 3.05) is 17.7 Å². The molecule has 0 aliphatic rings. The van der Waals surface area contributed by atoms with Crippen LogP contribution in [0.25, 0.3) is 17.1 Å². The van der Waals surface area contributed by atoms with Gasteiger partial charge in [0.05, 0.1) is 18.0 Å². The minimum absolute atomic E-state index is 0.159. The summed E-state index contributed by atoms with van der Waals surface area (Å²) >= 11 is 2.67. The van der Waals surface area contributed by atoms with E-state index in [9.17, 15) is 4.79 Å². The number of nitrogens with zero attached hydrogens (tertiary/aromatic N) is 5. The van der Waals surface area contributed by atoms with E-state index < -0.39 is 0 Å². The van der Waals surface area contributed by atoms with Crippen molar-refractivity contribution in [2.24, 2.45) is 0 Å². The normalized spacial score (nSPS) is 10.7. The van der Waals surface area contributed by atoms with Crippen molar-refractivity contribution in [1.82, 2.24) is 24.7 Å². The molecule has 1 aromatic carbocycles. The minimum Gasteiger partial charge on any atom is -0.492 e. The molecule has 1 N–H and O–H groups in total. The molecule has 30 heavy (non-hydrogen) atoms. The summed E-state index contributed by atoms with van der Waals surface area (Å²) in [5.41, 5.74) is 1.67. The second-order valence-corrected chi connectivity index (χ2v) is 7.79. The van der Waals surface area contributed by atoms with Gasteiger partial charge in [-0.05, 0) is 31.2 Å². The van der Waals surface area contributed by atoms with Crippen molar-refractivity contribution >= 4 is 34.1 Å². The Labute approximate surface area is 181 Å². The fraction of sp³-hybridized carbons (Fsp3) is 0.150. The first-order valence-corrected chi connectivity index (χ1v) is 11.0. The summed E-state index contributed by atoms with van der Waals surface area (Å²) in [6.07, 6.45) is 5.06. The SMILES string of the molecule is CCOc1ccccc1-n1c(SCC(=O)Nc2nccs2)nnc1-c1ccncc1. The van der Waals surface area contributed by atoms with Crippen LogP contribution in [-0.4, -0.2) is 43.0 Å². The summed E-state index contributed by atoms with van der Waals surface area (Å²) in [4.78, 5) is 20.5. The van der Waals surface area contributed by atoms with Crippen LogP contribution in [0.5, 0.6) is 5.75 Å². The van der Waals surface area contributed by atoms with Gasteiger partial charge in [-0.2, -0.15) is 0 Å². The van der Waals surface area contributed by atoms with Crippen LogP contribution in [0.2, 0.25) is 0 Å². The number of hydrogen-bond acceptors (Lipinski definition) is 8. The number of thioether (sulfide) groups is 1. The number of aromatic nitrogens is 5. The molecule has 3 aromatic heterocycles. The van der Waals surface area contributed by atoms with Crippen molar-refractivity contribution in [3.63, 3.8) is 0 Å². The van der Waals surface area contributed by atoms with Crippen LogP contribution in [0.4, 0.5) is 5.13 Å². The molecule has 0 aliphatic carbocycles. The van der Waals surface area contributed by atoms with Gasteiger partial charge >= 0.3 is 0 Å². The number of pyridine rings is 1. The van der Waals surface area contributed by atoms with Crippen LogP contribution >= 0.6 is 23.1 Å². The Kier molecular flexibility index (Phi) is 6.35. The number of thiazole rings is 1. The highest BCUT2D eigenvalue weighted by Crippen LogP contribution is 2.32. The molecular weight excluding hydrogens is 420 g/mol. The molecule has 0 atom stereocenters. The Hall–Kier alpha value is -3.24. The van der Waals surface area contributed by atoms with E-state index in [0.717, 1.165) is 11.3 Å².